The molecule has 0 aliphatic carbocycles. The number of rotatable bonds is 7. The Labute approximate surface area is 144 Å². The number of hydrogen-bond donors (Lipinski definition) is 3. The molecule has 0 aliphatic heterocycles. The van der Waals surface area contributed by atoms with E-state index in [1.807, 2.05) is 0 Å². The molecule has 0 aromatic heterocycles. The Hall–Kier alpha value is -3.16. The third kappa shape index (κ3) is 5.17. The summed E-state index contributed by atoms with van der Waals surface area (Å²) in [4.78, 5) is 22.3. The van der Waals surface area contributed by atoms with Crippen LogP contribution in [0.15, 0.2) is 48.5 Å². The van der Waals surface area contributed by atoms with Crippen LogP contribution in [-0.4, -0.2) is 24.0 Å². The Morgan fingerprint density at radius 2 is 1.84 bits per heavy atom. The minimum Gasteiger partial charge on any atom is -0.378 e. The van der Waals surface area contributed by atoms with Gasteiger partial charge in [0.25, 0.3) is 5.69 Å². The summed E-state index contributed by atoms with van der Waals surface area (Å²) in [6, 6.07) is 11.6. The molecule has 0 saturated carbocycles. The number of nitro benzene ring substituents is 1. The lowest BCUT2D eigenvalue weighted by Crippen LogP contribution is -2.39. The first-order valence-corrected chi connectivity index (χ1v) is 7.75. The molecular formula is C17H19FN4O3. The topological polar surface area (TPSA) is 96.3 Å². The minimum atomic E-state index is -0.482. The Bertz CT molecular complexity index is 754. The number of carbonyl (C=O) groups is 1. The van der Waals surface area contributed by atoms with Gasteiger partial charge in [0.1, 0.15) is 11.5 Å². The van der Waals surface area contributed by atoms with E-state index in [9.17, 15) is 19.3 Å². The highest BCUT2D eigenvalue weighted by Crippen LogP contribution is 2.22. The highest BCUT2D eigenvalue weighted by atomic mass is 19.1. The van der Waals surface area contributed by atoms with Gasteiger partial charge in [0, 0.05) is 24.7 Å². The van der Waals surface area contributed by atoms with E-state index in [0.717, 1.165) is 0 Å². The smallest absolute Gasteiger partial charge is 0.315 e. The first-order valence-electron chi connectivity index (χ1n) is 7.75. The molecule has 0 heterocycles. The van der Waals surface area contributed by atoms with Crippen LogP contribution >= 0.6 is 0 Å². The van der Waals surface area contributed by atoms with Crippen molar-refractivity contribution in [2.45, 2.75) is 13.0 Å². The molecule has 7 nitrogen and oxygen atoms in total. The van der Waals surface area contributed by atoms with Crippen molar-refractivity contribution in [1.29, 1.82) is 0 Å². The van der Waals surface area contributed by atoms with Gasteiger partial charge in [-0.1, -0.05) is 30.3 Å². The maximum absolute atomic E-state index is 13.7. The van der Waals surface area contributed by atoms with Gasteiger partial charge < -0.3 is 16.0 Å². The van der Waals surface area contributed by atoms with Gasteiger partial charge in [0.2, 0.25) is 0 Å². The van der Waals surface area contributed by atoms with Gasteiger partial charge in [-0.2, -0.15) is 0 Å². The molecule has 0 unspecified atom stereocenters. The Morgan fingerprint density at radius 3 is 2.56 bits per heavy atom. The van der Waals surface area contributed by atoms with E-state index in [1.54, 1.807) is 43.3 Å². The second kappa shape index (κ2) is 8.62. The predicted octanol–water partition coefficient (Wildman–Crippen LogP) is 3.21. The number of nitrogens with zero attached hydrogens (tertiary/aromatic N) is 1. The molecule has 0 radical (unpaired) electrons. The lowest BCUT2D eigenvalue weighted by atomic mass is 10.1. The predicted molar refractivity (Wildman–Crippen MR) is 92.9 cm³/mol. The van der Waals surface area contributed by atoms with Crippen molar-refractivity contribution < 1.29 is 14.1 Å². The molecule has 8 heteroatoms. The average molecular weight is 346 g/mol. The lowest BCUT2D eigenvalue weighted by molar-refractivity contribution is -0.384. The fourth-order valence-corrected chi connectivity index (χ4v) is 2.31. The van der Waals surface area contributed by atoms with Crippen LogP contribution in [0, 0.1) is 15.9 Å². The monoisotopic (exact) mass is 346 g/mol. The molecule has 0 aliphatic rings. The van der Waals surface area contributed by atoms with Gasteiger partial charge in [0.05, 0.1) is 11.0 Å². The molecule has 25 heavy (non-hydrogen) atoms. The lowest BCUT2D eigenvalue weighted by Gasteiger charge is -2.16. The summed E-state index contributed by atoms with van der Waals surface area (Å²) in [7, 11) is 0. The molecule has 0 spiro atoms. The van der Waals surface area contributed by atoms with Crippen molar-refractivity contribution in [2.24, 2.45) is 0 Å². The van der Waals surface area contributed by atoms with Gasteiger partial charge in [-0.15, -0.1) is 0 Å². The molecule has 0 saturated heterocycles. The number of urea groups is 1. The number of carbonyl (C=O) groups excluding carboxylic acids is 1. The molecule has 2 aromatic carbocycles. The van der Waals surface area contributed by atoms with Crippen LogP contribution in [-0.2, 0) is 0 Å². The normalized spacial score (nSPS) is 11.4. The minimum absolute atomic E-state index is 0.0277. The maximum Gasteiger partial charge on any atom is 0.315 e. The SMILES string of the molecule is C[C@H](NC(=O)NCCNc1ccccc1[N+](=O)[O-])c1ccccc1F. The van der Waals surface area contributed by atoms with E-state index in [1.165, 1.54) is 12.1 Å². The summed E-state index contributed by atoms with van der Waals surface area (Å²) in [6.45, 7) is 2.25. The zero-order chi connectivity index (χ0) is 18.2. The summed E-state index contributed by atoms with van der Waals surface area (Å²) in [5.41, 5.74) is 0.755. The summed E-state index contributed by atoms with van der Waals surface area (Å²) in [5.74, 6) is -0.381. The average Bonchev–Trinajstić information content (AvgIpc) is 2.59. The number of benzene rings is 2. The van der Waals surface area contributed by atoms with E-state index >= 15 is 0 Å². The van der Waals surface area contributed by atoms with Crippen molar-refractivity contribution in [3.63, 3.8) is 0 Å². The van der Waals surface area contributed by atoms with E-state index in [0.29, 0.717) is 17.8 Å². The number of para-hydroxylation sites is 2. The quantitative estimate of drug-likeness (QED) is 0.407. The molecule has 2 aromatic rings. The van der Waals surface area contributed by atoms with Crippen LogP contribution < -0.4 is 16.0 Å². The summed E-state index contributed by atoms with van der Waals surface area (Å²) >= 11 is 0. The molecule has 132 valence electrons. The molecule has 3 N–H and O–H groups in total. The first kappa shape index (κ1) is 18.2. The molecule has 0 bridgehead atoms. The van der Waals surface area contributed by atoms with Crippen molar-refractivity contribution >= 4 is 17.4 Å². The van der Waals surface area contributed by atoms with Gasteiger partial charge in [-0.25, -0.2) is 9.18 Å². The highest BCUT2D eigenvalue weighted by Gasteiger charge is 2.13. The first-order chi connectivity index (χ1) is 12.0. The van der Waals surface area contributed by atoms with Gasteiger partial charge in [-0.05, 0) is 19.1 Å². The standard InChI is InChI=1S/C17H19FN4O3/c1-12(13-6-2-3-7-14(13)18)21-17(23)20-11-10-19-15-8-4-5-9-16(15)22(24)25/h2-9,12,19H,10-11H2,1H3,(H2,20,21,23)/t12-/m0/s1. The van der Waals surface area contributed by atoms with Crippen LogP contribution in [0.4, 0.5) is 20.6 Å². The molecule has 0 fully saturated rings. The van der Waals surface area contributed by atoms with Crippen LogP contribution in [0.2, 0.25) is 0 Å². The zero-order valence-electron chi connectivity index (χ0n) is 13.7. The van der Waals surface area contributed by atoms with Crippen molar-refractivity contribution in [1.82, 2.24) is 10.6 Å². The maximum atomic E-state index is 13.7. The van der Waals surface area contributed by atoms with E-state index < -0.39 is 17.0 Å². The second-order valence-electron chi connectivity index (χ2n) is 5.34. The number of hydrogen-bond acceptors (Lipinski definition) is 4. The highest BCUT2D eigenvalue weighted by molar-refractivity contribution is 5.74. The number of anilines is 1. The molecule has 2 amide bonds. The van der Waals surface area contributed by atoms with Crippen LogP contribution in [0.1, 0.15) is 18.5 Å². The summed E-state index contributed by atoms with van der Waals surface area (Å²) < 4.78 is 13.7. The van der Waals surface area contributed by atoms with E-state index in [-0.39, 0.29) is 18.0 Å². The number of halogens is 1. The Morgan fingerprint density at radius 1 is 1.16 bits per heavy atom. The summed E-state index contributed by atoms with van der Waals surface area (Å²) in [5, 5.41) is 19.1. The summed E-state index contributed by atoms with van der Waals surface area (Å²) in [6.07, 6.45) is 0. The fraction of sp³-hybridized carbons (Fsp3) is 0.235. The third-order valence-corrected chi connectivity index (χ3v) is 3.55. The number of amides is 2. The van der Waals surface area contributed by atoms with E-state index in [4.69, 9.17) is 0 Å². The van der Waals surface area contributed by atoms with Gasteiger partial charge in [-0.3, -0.25) is 10.1 Å². The van der Waals surface area contributed by atoms with Crippen molar-refractivity contribution in [3.05, 3.63) is 70.0 Å². The second-order valence-corrected chi connectivity index (χ2v) is 5.34. The Kier molecular flexibility index (Phi) is 6.27. The Balaban J connectivity index is 1.78. The van der Waals surface area contributed by atoms with Crippen LogP contribution in [0.25, 0.3) is 0 Å². The fourth-order valence-electron chi connectivity index (χ4n) is 2.31. The van der Waals surface area contributed by atoms with Crippen molar-refractivity contribution in [2.75, 3.05) is 18.4 Å². The molecule has 2 rings (SSSR count). The van der Waals surface area contributed by atoms with Gasteiger partial charge >= 0.3 is 6.03 Å². The zero-order valence-corrected chi connectivity index (χ0v) is 13.7. The molecular weight excluding hydrogens is 327 g/mol. The van der Waals surface area contributed by atoms with Gasteiger partial charge in [0.15, 0.2) is 0 Å². The third-order valence-electron chi connectivity index (χ3n) is 3.55. The van der Waals surface area contributed by atoms with Crippen molar-refractivity contribution in [3.8, 4) is 0 Å². The van der Waals surface area contributed by atoms with Crippen LogP contribution in [0.3, 0.4) is 0 Å². The van der Waals surface area contributed by atoms with Crippen LogP contribution in [0.5, 0.6) is 0 Å². The van der Waals surface area contributed by atoms with E-state index in [2.05, 4.69) is 16.0 Å². The number of nitro groups is 1. The molecule has 1 atom stereocenters. The number of nitrogens with one attached hydrogen (secondary N) is 3. The largest absolute Gasteiger partial charge is 0.378 e.